The molecule has 5 rings (SSSR count). The van der Waals surface area contributed by atoms with Gasteiger partial charge < -0.3 is 14.3 Å². The van der Waals surface area contributed by atoms with Gasteiger partial charge in [0.25, 0.3) is 5.91 Å². The van der Waals surface area contributed by atoms with Gasteiger partial charge in [0.1, 0.15) is 23.9 Å². The quantitative estimate of drug-likeness (QED) is 0.265. The third-order valence-corrected chi connectivity index (χ3v) is 6.52. The average Bonchev–Trinajstić information content (AvgIpc) is 3.53. The van der Waals surface area contributed by atoms with E-state index in [1.54, 1.807) is 43.3 Å². The van der Waals surface area contributed by atoms with Crippen LogP contribution in [-0.2, 0) is 4.79 Å². The highest BCUT2D eigenvalue weighted by atomic mass is 32.1. The van der Waals surface area contributed by atoms with E-state index >= 15 is 0 Å². The van der Waals surface area contributed by atoms with E-state index in [-0.39, 0.29) is 23.1 Å². The van der Waals surface area contributed by atoms with E-state index in [0.717, 1.165) is 11.3 Å². The summed E-state index contributed by atoms with van der Waals surface area (Å²) in [6.45, 7) is 5.59. The molecule has 1 unspecified atom stereocenters. The van der Waals surface area contributed by atoms with Crippen molar-refractivity contribution >= 4 is 38.4 Å². The number of aryl methyl sites for hydroxylation is 1. The molecule has 1 atom stereocenters. The number of carbonyl (C=O) groups is 2. The van der Waals surface area contributed by atoms with E-state index in [1.807, 2.05) is 0 Å². The topological polar surface area (TPSA) is 92.9 Å². The molecule has 7 nitrogen and oxygen atoms in total. The number of Topliss-reactive ketones (excluding diaryl/α,β-unsaturated/α-hetero) is 1. The van der Waals surface area contributed by atoms with E-state index < -0.39 is 29.3 Å². The first-order valence-electron chi connectivity index (χ1n) is 10.6. The number of halogens is 1. The summed E-state index contributed by atoms with van der Waals surface area (Å²) in [5.74, 6) is -1.55. The summed E-state index contributed by atoms with van der Waals surface area (Å²) in [6.07, 6.45) is 1.60. The summed E-state index contributed by atoms with van der Waals surface area (Å²) in [5.41, 5.74) is 0.860. The lowest BCUT2D eigenvalue weighted by molar-refractivity contribution is -0.117. The zero-order valence-corrected chi connectivity index (χ0v) is 19.3. The van der Waals surface area contributed by atoms with Crippen LogP contribution in [0.4, 0.5) is 9.52 Å². The molecule has 2 aromatic carbocycles. The number of rotatable bonds is 7. The Balaban J connectivity index is 1.66. The molecule has 0 fully saturated rings. The molecule has 1 aliphatic heterocycles. The number of aliphatic hydroxyl groups excluding tert-OH is 1. The maximum atomic E-state index is 13.8. The van der Waals surface area contributed by atoms with Crippen LogP contribution in [0.15, 0.2) is 83.0 Å². The summed E-state index contributed by atoms with van der Waals surface area (Å²) in [7, 11) is 0. The summed E-state index contributed by atoms with van der Waals surface area (Å²) in [6, 6.07) is 13.1. The molecule has 0 saturated carbocycles. The van der Waals surface area contributed by atoms with Crippen molar-refractivity contribution in [2.24, 2.45) is 0 Å². The zero-order valence-electron chi connectivity index (χ0n) is 18.5. The molecule has 176 valence electrons. The van der Waals surface area contributed by atoms with Gasteiger partial charge in [0.2, 0.25) is 5.78 Å². The molecule has 4 aromatic rings. The number of aliphatic hydroxyl groups is 1. The van der Waals surface area contributed by atoms with Crippen molar-refractivity contribution in [3.05, 3.63) is 101 Å². The SMILES string of the molecule is C=CCOc1cccc(C2C(C(=O)c3ccc(C)o3)=C(O)C(=O)N2c2nc3ccc(F)cc3s2)c1. The average molecular weight is 491 g/mol. The standard InChI is InChI=1S/C26H19FN2O5S/c1-3-11-33-17-6-4-5-15(12-17)22-21(23(30)19-10-7-14(2)34-19)24(31)25(32)29(22)26-28-18-9-8-16(27)13-20(18)35-26/h3-10,12-13,22,31H,1,11H2,2H3. The highest BCUT2D eigenvalue weighted by Crippen LogP contribution is 2.44. The third kappa shape index (κ3) is 4.00. The minimum absolute atomic E-state index is 0.00543. The fourth-order valence-electron chi connectivity index (χ4n) is 3.96. The fourth-order valence-corrected chi connectivity index (χ4v) is 4.98. The van der Waals surface area contributed by atoms with Crippen molar-refractivity contribution in [3.63, 3.8) is 0 Å². The molecule has 0 spiro atoms. The van der Waals surface area contributed by atoms with E-state index in [2.05, 4.69) is 11.6 Å². The van der Waals surface area contributed by atoms with Gasteiger partial charge in [0.05, 0.1) is 21.8 Å². The first kappa shape index (κ1) is 22.5. The van der Waals surface area contributed by atoms with Gasteiger partial charge in [-0.15, -0.1) is 0 Å². The van der Waals surface area contributed by atoms with Crippen LogP contribution in [-0.4, -0.2) is 28.4 Å². The molecular formula is C26H19FN2O5S. The van der Waals surface area contributed by atoms with Gasteiger partial charge in [-0.25, -0.2) is 9.37 Å². The first-order valence-corrected chi connectivity index (χ1v) is 11.5. The highest BCUT2D eigenvalue weighted by molar-refractivity contribution is 7.22. The number of furan rings is 1. The van der Waals surface area contributed by atoms with Crippen molar-refractivity contribution in [2.75, 3.05) is 11.5 Å². The number of carbonyl (C=O) groups excluding carboxylic acids is 2. The van der Waals surface area contributed by atoms with Gasteiger partial charge in [-0.1, -0.05) is 36.1 Å². The summed E-state index contributed by atoms with van der Waals surface area (Å²) in [5, 5.41) is 11.1. The molecule has 0 radical (unpaired) electrons. The van der Waals surface area contributed by atoms with Crippen LogP contribution in [0.5, 0.6) is 5.75 Å². The number of ether oxygens (including phenoxy) is 1. The zero-order chi connectivity index (χ0) is 24.7. The summed E-state index contributed by atoms with van der Waals surface area (Å²) in [4.78, 5) is 32.5. The lowest BCUT2D eigenvalue weighted by atomic mass is 9.95. The molecule has 3 heterocycles. The Labute approximate surface area is 203 Å². The Morgan fingerprint density at radius 2 is 2.11 bits per heavy atom. The number of fused-ring (bicyclic) bond motifs is 1. The van der Waals surface area contributed by atoms with Crippen LogP contribution in [0.2, 0.25) is 0 Å². The molecule has 0 saturated heterocycles. The fraction of sp³-hybridized carbons (Fsp3) is 0.115. The minimum Gasteiger partial charge on any atom is -0.503 e. The molecule has 1 amide bonds. The first-order chi connectivity index (χ1) is 16.9. The monoisotopic (exact) mass is 490 g/mol. The van der Waals surface area contributed by atoms with Gasteiger partial charge >= 0.3 is 0 Å². The largest absolute Gasteiger partial charge is 0.503 e. The smallest absolute Gasteiger partial charge is 0.296 e. The number of nitrogens with zero attached hydrogens (tertiary/aromatic N) is 2. The van der Waals surface area contributed by atoms with Crippen LogP contribution in [0.1, 0.15) is 27.9 Å². The lowest BCUT2D eigenvalue weighted by Crippen LogP contribution is -2.31. The molecule has 1 N–H and O–H groups in total. The number of ketones is 1. The van der Waals surface area contributed by atoms with Gasteiger partial charge in [-0.2, -0.15) is 0 Å². The number of hydrogen-bond acceptors (Lipinski definition) is 7. The van der Waals surface area contributed by atoms with Crippen LogP contribution in [0.3, 0.4) is 0 Å². The number of anilines is 1. The lowest BCUT2D eigenvalue weighted by Gasteiger charge is -2.24. The Bertz CT molecular complexity index is 1520. The van der Waals surface area contributed by atoms with Crippen LogP contribution in [0.25, 0.3) is 10.2 Å². The molecule has 35 heavy (non-hydrogen) atoms. The number of benzene rings is 2. The van der Waals surface area contributed by atoms with Gasteiger partial charge in [-0.05, 0) is 55.0 Å². The Kier molecular flexibility index (Phi) is 5.70. The Morgan fingerprint density at radius 3 is 2.86 bits per heavy atom. The summed E-state index contributed by atoms with van der Waals surface area (Å²) < 4.78 is 25.4. The van der Waals surface area contributed by atoms with Gasteiger partial charge in [0.15, 0.2) is 16.7 Å². The minimum atomic E-state index is -1.02. The second kappa shape index (κ2) is 8.84. The van der Waals surface area contributed by atoms with Crippen molar-refractivity contribution in [2.45, 2.75) is 13.0 Å². The summed E-state index contributed by atoms with van der Waals surface area (Å²) >= 11 is 1.08. The normalized spacial score (nSPS) is 15.8. The van der Waals surface area contributed by atoms with Crippen LogP contribution in [0, 0.1) is 12.7 Å². The maximum absolute atomic E-state index is 13.8. The van der Waals surface area contributed by atoms with E-state index in [4.69, 9.17) is 9.15 Å². The van der Waals surface area contributed by atoms with Crippen LogP contribution >= 0.6 is 11.3 Å². The van der Waals surface area contributed by atoms with E-state index in [9.17, 15) is 19.1 Å². The van der Waals surface area contributed by atoms with E-state index in [0.29, 0.717) is 27.3 Å². The van der Waals surface area contributed by atoms with Crippen molar-refractivity contribution in [1.29, 1.82) is 0 Å². The second-order valence-electron chi connectivity index (χ2n) is 7.86. The number of amides is 1. The van der Waals surface area contributed by atoms with Crippen LogP contribution < -0.4 is 9.64 Å². The molecule has 0 bridgehead atoms. The van der Waals surface area contributed by atoms with Crippen molar-refractivity contribution in [3.8, 4) is 5.75 Å². The number of hydrogen-bond donors (Lipinski definition) is 1. The predicted molar refractivity (Wildman–Crippen MR) is 129 cm³/mol. The van der Waals surface area contributed by atoms with E-state index in [1.165, 1.54) is 29.2 Å². The Morgan fingerprint density at radius 1 is 1.29 bits per heavy atom. The molecule has 9 heteroatoms. The molecular weight excluding hydrogens is 471 g/mol. The van der Waals surface area contributed by atoms with Gasteiger partial charge in [-0.3, -0.25) is 14.5 Å². The molecule has 0 aliphatic carbocycles. The number of thiazole rings is 1. The maximum Gasteiger partial charge on any atom is 0.296 e. The number of aromatic nitrogens is 1. The van der Waals surface area contributed by atoms with Gasteiger partial charge in [0, 0.05) is 0 Å². The Hall–Kier alpha value is -4.24. The highest BCUT2D eigenvalue weighted by Gasteiger charge is 2.46. The predicted octanol–water partition coefficient (Wildman–Crippen LogP) is 5.68. The molecule has 2 aromatic heterocycles. The third-order valence-electron chi connectivity index (χ3n) is 5.50. The molecule has 1 aliphatic rings. The van der Waals surface area contributed by atoms with Crippen molar-refractivity contribution < 1.29 is 28.2 Å². The second-order valence-corrected chi connectivity index (χ2v) is 8.87. The van der Waals surface area contributed by atoms with Crippen molar-refractivity contribution in [1.82, 2.24) is 4.98 Å².